The highest BCUT2D eigenvalue weighted by Gasteiger charge is 2.47. The van der Waals surface area contributed by atoms with E-state index in [1.807, 2.05) is 0 Å². The van der Waals surface area contributed by atoms with Gasteiger partial charge in [0.1, 0.15) is 0 Å². The van der Waals surface area contributed by atoms with Crippen LogP contribution >= 0.6 is 0 Å². The van der Waals surface area contributed by atoms with E-state index in [0.29, 0.717) is 0 Å². The molecule has 1 heterocycles. The first-order valence-corrected chi connectivity index (χ1v) is 6.91. The Morgan fingerprint density at radius 3 is 2.29 bits per heavy atom. The van der Waals surface area contributed by atoms with Crippen LogP contribution in [0.3, 0.4) is 0 Å². The van der Waals surface area contributed by atoms with E-state index in [4.69, 9.17) is 15.2 Å². The Morgan fingerprint density at radius 1 is 1.12 bits per heavy atom. The van der Waals surface area contributed by atoms with E-state index >= 15 is 0 Å². The maximum atomic E-state index is 6.27. The summed E-state index contributed by atoms with van der Waals surface area (Å²) in [4.78, 5) is 0. The first-order valence-electron chi connectivity index (χ1n) is 6.91. The molecule has 100 valence electrons. The van der Waals surface area contributed by atoms with E-state index in [-0.39, 0.29) is 29.5 Å². The number of rotatable bonds is 2. The molecule has 17 heavy (non-hydrogen) atoms. The second-order valence-corrected chi connectivity index (χ2v) is 6.78. The topological polar surface area (TPSA) is 44.5 Å². The van der Waals surface area contributed by atoms with E-state index in [0.717, 1.165) is 19.3 Å². The number of hydrogen-bond donors (Lipinski definition) is 1. The van der Waals surface area contributed by atoms with Gasteiger partial charge in [0.25, 0.3) is 0 Å². The second kappa shape index (κ2) is 4.52. The van der Waals surface area contributed by atoms with Crippen LogP contribution in [-0.2, 0) is 9.47 Å². The van der Waals surface area contributed by atoms with Crippen molar-refractivity contribution in [2.75, 3.05) is 0 Å². The van der Waals surface area contributed by atoms with Crippen LogP contribution in [0.15, 0.2) is 0 Å². The standard InChI is InChI=1S/C14H27NO2/c1-13(2)9-12(14(3,4)17-13)16-11-8-6-5-7-10(11)15/h10-12H,5-9,15H2,1-4H3. The summed E-state index contributed by atoms with van der Waals surface area (Å²) in [5.41, 5.74) is 5.88. The fourth-order valence-electron chi connectivity index (χ4n) is 3.23. The molecule has 1 aliphatic heterocycles. The van der Waals surface area contributed by atoms with Gasteiger partial charge < -0.3 is 15.2 Å². The van der Waals surface area contributed by atoms with Gasteiger partial charge in [-0.1, -0.05) is 12.8 Å². The van der Waals surface area contributed by atoms with Crippen LogP contribution < -0.4 is 5.73 Å². The molecule has 3 atom stereocenters. The van der Waals surface area contributed by atoms with E-state index < -0.39 is 0 Å². The van der Waals surface area contributed by atoms with Gasteiger partial charge in [0.2, 0.25) is 0 Å². The van der Waals surface area contributed by atoms with Gasteiger partial charge in [-0.3, -0.25) is 0 Å². The molecular formula is C14H27NO2. The van der Waals surface area contributed by atoms with Crippen molar-refractivity contribution >= 4 is 0 Å². The lowest BCUT2D eigenvalue weighted by Crippen LogP contribution is -2.45. The van der Waals surface area contributed by atoms with Crippen LogP contribution in [0.4, 0.5) is 0 Å². The number of ether oxygens (including phenoxy) is 2. The van der Waals surface area contributed by atoms with Crippen molar-refractivity contribution < 1.29 is 9.47 Å². The quantitative estimate of drug-likeness (QED) is 0.808. The first-order chi connectivity index (χ1) is 7.80. The molecule has 3 heteroatoms. The summed E-state index contributed by atoms with van der Waals surface area (Å²) in [5.74, 6) is 0. The number of hydrogen-bond acceptors (Lipinski definition) is 3. The van der Waals surface area contributed by atoms with Crippen LogP contribution in [0.5, 0.6) is 0 Å². The van der Waals surface area contributed by atoms with Gasteiger partial charge in [0.15, 0.2) is 0 Å². The highest BCUT2D eigenvalue weighted by atomic mass is 16.6. The molecule has 0 aromatic heterocycles. The Balaban J connectivity index is 1.98. The molecule has 2 N–H and O–H groups in total. The van der Waals surface area contributed by atoms with E-state index in [1.54, 1.807) is 0 Å². The molecule has 3 unspecified atom stereocenters. The zero-order chi connectivity index (χ0) is 12.7. The molecule has 3 nitrogen and oxygen atoms in total. The molecule has 1 aliphatic carbocycles. The number of nitrogens with two attached hydrogens (primary N) is 1. The zero-order valence-electron chi connectivity index (χ0n) is 11.7. The van der Waals surface area contributed by atoms with Crippen LogP contribution in [0.1, 0.15) is 59.8 Å². The van der Waals surface area contributed by atoms with Crippen molar-refractivity contribution in [1.29, 1.82) is 0 Å². The molecular weight excluding hydrogens is 214 g/mol. The van der Waals surface area contributed by atoms with Crippen molar-refractivity contribution in [1.82, 2.24) is 0 Å². The Bertz CT molecular complexity index is 275. The monoisotopic (exact) mass is 241 g/mol. The Labute approximate surface area is 105 Å². The lowest BCUT2D eigenvalue weighted by molar-refractivity contribution is -0.125. The molecule has 1 saturated heterocycles. The van der Waals surface area contributed by atoms with Gasteiger partial charge in [0, 0.05) is 12.5 Å². The summed E-state index contributed by atoms with van der Waals surface area (Å²) < 4.78 is 12.3. The molecule has 0 aromatic rings. The van der Waals surface area contributed by atoms with Crippen LogP contribution in [-0.4, -0.2) is 29.5 Å². The minimum atomic E-state index is -0.194. The molecule has 0 spiro atoms. The maximum Gasteiger partial charge on any atom is 0.0895 e. The van der Waals surface area contributed by atoms with Gasteiger partial charge in [-0.2, -0.15) is 0 Å². The highest BCUT2D eigenvalue weighted by molar-refractivity contribution is 4.96. The molecule has 2 fully saturated rings. The predicted octanol–water partition coefficient (Wildman–Crippen LogP) is 2.62. The minimum absolute atomic E-state index is 0.0765. The fourth-order valence-corrected chi connectivity index (χ4v) is 3.23. The van der Waals surface area contributed by atoms with Crippen molar-refractivity contribution in [3.8, 4) is 0 Å². The van der Waals surface area contributed by atoms with E-state index in [9.17, 15) is 0 Å². The highest BCUT2D eigenvalue weighted by Crippen LogP contribution is 2.40. The van der Waals surface area contributed by atoms with Gasteiger partial charge >= 0.3 is 0 Å². The van der Waals surface area contributed by atoms with Crippen LogP contribution in [0.2, 0.25) is 0 Å². The van der Waals surface area contributed by atoms with Gasteiger partial charge in [-0.15, -0.1) is 0 Å². The summed E-state index contributed by atoms with van der Waals surface area (Å²) >= 11 is 0. The van der Waals surface area contributed by atoms with Gasteiger partial charge in [0.05, 0.1) is 23.4 Å². The van der Waals surface area contributed by atoms with Crippen LogP contribution in [0, 0.1) is 0 Å². The molecule has 0 bridgehead atoms. The van der Waals surface area contributed by atoms with Crippen molar-refractivity contribution in [2.24, 2.45) is 5.73 Å². The third-order valence-electron chi connectivity index (χ3n) is 4.08. The first kappa shape index (κ1) is 13.3. The average molecular weight is 241 g/mol. The maximum absolute atomic E-state index is 6.27. The van der Waals surface area contributed by atoms with Crippen molar-refractivity contribution in [3.63, 3.8) is 0 Å². The Hall–Kier alpha value is -0.120. The summed E-state index contributed by atoms with van der Waals surface area (Å²) in [5, 5.41) is 0. The van der Waals surface area contributed by atoms with Crippen molar-refractivity contribution in [2.45, 2.75) is 89.3 Å². The van der Waals surface area contributed by atoms with E-state index in [1.165, 1.54) is 12.8 Å². The molecule has 2 aliphatic rings. The molecule has 2 rings (SSSR count). The lowest BCUT2D eigenvalue weighted by atomic mass is 9.91. The molecule has 0 amide bonds. The fraction of sp³-hybridized carbons (Fsp3) is 1.00. The van der Waals surface area contributed by atoms with Crippen molar-refractivity contribution in [3.05, 3.63) is 0 Å². The molecule has 0 radical (unpaired) electrons. The smallest absolute Gasteiger partial charge is 0.0895 e. The Kier molecular flexibility index (Phi) is 3.54. The predicted molar refractivity (Wildman–Crippen MR) is 69.0 cm³/mol. The zero-order valence-corrected chi connectivity index (χ0v) is 11.7. The summed E-state index contributed by atoms with van der Waals surface area (Å²) in [6.07, 6.45) is 6.06. The van der Waals surface area contributed by atoms with E-state index in [2.05, 4.69) is 27.7 Å². The second-order valence-electron chi connectivity index (χ2n) is 6.78. The van der Waals surface area contributed by atoms with Gasteiger partial charge in [-0.25, -0.2) is 0 Å². The summed E-state index contributed by atoms with van der Waals surface area (Å²) in [6.45, 7) is 8.53. The molecule has 1 saturated carbocycles. The minimum Gasteiger partial charge on any atom is -0.370 e. The third kappa shape index (κ3) is 3.01. The van der Waals surface area contributed by atoms with Gasteiger partial charge in [-0.05, 0) is 40.5 Å². The summed E-state index contributed by atoms with van der Waals surface area (Å²) in [7, 11) is 0. The summed E-state index contributed by atoms with van der Waals surface area (Å²) in [6, 6.07) is 0.211. The molecule has 0 aromatic carbocycles. The average Bonchev–Trinajstić information content (AvgIpc) is 2.38. The SMILES string of the molecule is CC1(C)CC(OC2CCCCC2N)C(C)(C)O1. The normalized spacial score (nSPS) is 40.4. The Morgan fingerprint density at radius 2 is 1.76 bits per heavy atom. The van der Waals surface area contributed by atoms with Crippen LogP contribution in [0.25, 0.3) is 0 Å². The third-order valence-corrected chi connectivity index (χ3v) is 4.08. The lowest BCUT2D eigenvalue weighted by Gasteiger charge is -2.34. The largest absolute Gasteiger partial charge is 0.370 e.